The molecule has 1 N–H and O–H groups in total. The van der Waals surface area contributed by atoms with Gasteiger partial charge in [0.25, 0.3) is 0 Å². The van der Waals surface area contributed by atoms with E-state index in [4.69, 9.17) is 0 Å². The summed E-state index contributed by atoms with van der Waals surface area (Å²) in [5, 5.41) is 3.00. The van der Waals surface area contributed by atoms with Crippen LogP contribution >= 0.6 is 0 Å². The number of benzene rings is 1. The van der Waals surface area contributed by atoms with Gasteiger partial charge in [0.2, 0.25) is 11.7 Å². The molecule has 1 fully saturated rings. The Kier molecular flexibility index (Phi) is 7.26. The van der Waals surface area contributed by atoms with Crippen LogP contribution in [0, 0.1) is 18.8 Å². The highest BCUT2D eigenvalue weighted by atomic mass is 16.2. The second-order valence-electron chi connectivity index (χ2n) is 8.57. The normalized spacial score (nSPS) is 19.8. The number of ketones is 1. The minimum absolute atomic E-state index is 0.0470. The highest BCUT2D eigenvalue weighted by Crippen LogP contribution is 2.20. The Hall–Kier alpha value is -2.40. The minimum Gasteiger partial charge on any atom is -0.355 e. The van der Waals surface area contributed by atoms with Crippen molar-refractivity contribution in [3.63, 3.8) is 0 Å². The molecule has 2 aromatic rings. The van der Waals surface area contributed by atoms with E-state index in [-0.39, 0.29) is 18.2 Å². The number of piperidine rings is 1. The molecular weight excluding hydrogens is 362 g/mol. The molecule has 0 radical (unpaired) electrons. The van der Waals surface area contributed by atoms with E-state index < -0.39 is 0 Å². The Morgan fingerprint density at radius 1 is 1.07 bits per heavy atom. The van der Waals surface area contributed by atoms with Gasteiger partial charge in [0, 0.05) is 31.4 Å². The fourth-order valence-corrected chi connectivity index (χ4v) is 4.44. The van der Waals surface area contributed by atoms with Gasteiger partial charge < -0.3 is 14.8 Å². The number of carbonyl (C=O) groups excluding carboxylic acids is 2. The smallest absolute Gasteiger partial charge is 0.239 e. The van der Waals surface area contributed by atoms with Crippen LogP contribution in [0.3, 0.4) is 0 Å². The number of nitrogens with zero attached hydrogens (tertiary/aromatic N) is 2. The van der Waals surface area contributed by atoms with E-state index >= 15 is 0 Å². The Balaban J connectivity index is 1.47. The predicted molar refractivity (Wildman–Crippen MR) is 116 cm³/mol. The van der Waals surface area contributed by atoms with Crippen LogP contribution in [0.1, 0.15) is 48.3 Å². The summed E-state index contributed by atoms with van der Waals surface area (Å²) in [4.78, 5) is 27.8. The number of amides is 1. The maximum atomic E-state index is 12.9. The van der Waals surface area contributed by atoms with Crippen molar-refractivity contribution in [2.24, 2.45) is 11.8 Å². The molecule has 1 aromatic carbocycles. The molecule has 0 unspecified atom stereocenters. The lowest BCUT2D eigenvalue weighted by atomic mass is 9.92. The quantitative estimate of drug-likeness (QED) is 0.550. The van der Waals surface area contributed by atoms with E-state index in [1.807, 2.05) is 37.3 Å². The number of rotatable bonds is 8. The first kappa shape index (κ1) is 21.3. The zero-order chi connectivity index (χ0) is 20.8. The highest BCUT2D eigenvalue weighted by Gasteiger charge is 2.21. The lowest BCUT2D eigenvalue weighted by molar-refractivity contribution is -0.121. The zero-order valence-electron chi connectivity index (χ0n) is 17.9. The first-order chi connectivity index (χ1) is 13.9. The van der Waals surface area contributed by atoms with Gasteiger partial charge in [0.15, 0.2) is 0 Å². The number of aryl methyl sites for hydroxylation is 1. The molecular formula is C24H33N3O2. The molecule has 0 bridgehead atoms. The summed E-state index contributed by atoms with van der Waals surface area (Å²) in [5.41, 5.74) is 2.17. The maximum absolute atomic E-state index is 12.9. The van der Waals surface area contributed by atoms with Gasteiger partial charge in [-0.15, -0.1) is 0 Å². The molecule has 3 rings (SSSR count). The summed E-state index contributed by atoms with van der Waals surface area (Å²) < 4.78 is 1.73. The Bertz CT molecular complexity index is 832. The van der Waals surface area contributed by atoms with E-state index in [1.54, 1.807) is 16.8 Å². The van der Waals surface area contributed by atoms with Crippen molar-refractivity contribution < 1.29 is 9.59 Å². The van der Waals surface area contributed by atoms with Crippen molar-refractivity contribution in [1.82, 2.24) is 14.8 Å². The monoisotopic (exact) mass is 395 g/mol. The van der Waals surface area contributed by atoms with Crippen LogP contribution in [0.5, 0.6) is 0 Å². The van der Waals surface area contributed by atoms with Gasteiger partial charge in [-0.2, -0.15) is 0 Å². The molecule has 1 amide bonds. The third-order valence-electron chi connectivity index (χ3n) is 5.68. The van der Waals surface area contributed by atoms with E-state index in [0.29, 0.717) is 17.8 Å². The van der Waals surface area contributed by atoms with Gasteiger partial charge >= 0.3 is 0 Å². The number of aromatic nitrogens is 1. The van der Waals surface area contributed by atoms with Crippen molar-refractivity contribution in [3.05, 3.63) is 59.4 Å². The van der Waals surface area contributed by atoms with Crippen molar-refractivity contribution >= 4 is 11.7 Å². The lowest BCUT2D eigenvalue weighted by Crippen LogP contribution is -2.40. The van der Waals surface area contributed by atoms with Crippen LogP contribution in [0.25, 0.3) is 0 Å². The van der Waals surface area contributed by atoms with Gasteiger partial charge in [0.05, 0.1) is 5.69 Å². The largest absolute Gasteiger partial charge is 0.355 e. The summed E-state index contributed by atoms with van der Waals surface area (Å²) in [6.07, 6.45) is 4.06. The molecule has 1 saturated heterocycles. The average molecular weight is 396 g/mol. The van der Waals surface area contributed by atoms with Gasteiger partial charge in [-0.1, -0.05) is 38.1 Å². The van der Waals surface area contributed by atoms with Crippen molar-refractivity contribution in [2.45, 2.75) is 40.2 Å². The van der Waals surface area contributed by atoms with Crippen molar-refractivity contribution in [1.29, 1.82) is 0 Å². The molecule has 0 spiro atoms. The number of likely N-dealkylation sites (tertiary alicyclic amines) is 1. The maximum Gasteiger partial charge on any atom is 0.239 e. The molecule has 0 aliphatic carbocycles. The minimum atomic E-state index is -0.0552. The van der Waals surface area contributed by atoms with Gasteiger partial charge in [0.1, 0.15) is 6.54 Å². The zero-order valence-corrected chi connectivity index (χ0v) is 17.9. The number of nitrogens with one attached hydrogen (secondary N) is 1. The lowest BCUT2D eigenvalue weighted by Gasteiger charge is -2.34. The molecule has 0 saturated carbocycles. The SMILES string of the molecule is Cc1ccccc1C(=O)c1cccn1CC(=O)NCCCN1C[C@H](C)C[C@H](C)C1. The molecule has 1 aromatic heterocycles. The molecule has 5 nitrogen and oxygen atoms in total. The molecule has 2 atom stereocenters. The van der Waals surface area contributed by atoms with Gasteiger partial charge in [-0.05, 0) is 55.8 Å². The standard InChI is InChI=1S/C24H33N3O2/c1-18-14-19(2)16-26(15-18)12-7-11-25-23(28)17-27-13-6-10-22(27)24(29)21-9-5-4-8-20(21)3/h4-6,8-10,13,18-19H,7,11-12,14-17H2,1-3H3,(H,25,28)/t18-,19+. The number of hydrogen-bond donors (Lipinski definition) is 1. The second-order valence-corrected chi connectivity index (χ2v) is 8.57. The van der Waals surface area contributed by atoms with Crippen LogP contribution in [0.15, 0.2) is 42.6 Å². The molecule has 156 valence electrons. The summed E-state index contributed by atoms with van der Waals surface area (Å²) >= 11 is 0. The van der Waals surface area contributed by atoms with E-state index in [1.165, 1.54) is 6.42 Å². The Morgan fingerprint density at radius 3 is 2.52 bits per heavy atom. The van der Waals surface area contributed by atoms with Gasteiger partial charge in [-0.25, -0.2) is 0 Å². The predicted octanol–water partition coefficient (Wildman–Crippen LogP) is 3.51. The molecule has 2 heterocycles. The fourth-order valence-electron chi connectivity index (χ4n) is 4.44. The van der Waals surface area contributed by atoms with Crippen molar-refractivity contribution in [3.8, 4) is 0 Å². The Morgan fingerprint density at radius 2 is 1.79 bits per heavy atom. The number of hydrogen-bond acceptors (Lipinski definition) is 3. The topological polar surface area (TPSA) is 54.3 Å². The van der Waals surface area contributed by atoms with Crippen LogP contribution < -0.4 is 5.32 Å². The highest BCUT2D eigenvalue weighted by molar-refractivity contribution is 6.09. The van der Waals surface area contributed by atoms with E-state index in [0.717, 1.165) is 43.5 Å². The van der Waals surface area contributed by atoms with Crippen LogP contribution in [-0.4, -0.2) is 47.3 Å². The van der Waals surface area contributed by atoms with Crippen LogP contribution in [0.2, 0.25) is 0 Å². The third kappa shape index (κ3) is 5.80. The Labute approximate surface area is 174 Å². The summed E-state index contributed by atoms with van der Waals surface area (Å²) in [6, 6.07) is 11.1. The average Bonchev–Trinajstić information content (AvgIpc) is 3.12. The van der Waals surface area contributed by atoms with Crippen molar-refractivity contribution in [2.75, 3.05) is 26.2 Å². The molecule has 1 aliphatic rings. The fraction of sp³-hybridized carbons (Fsp3) is 0.500. The van der Waals surface area contributed by atoms with Gasteiger partial charge in [-0.3, -0.25) is 9.59 Å². The molecule has 29 heavy (non-hydrogen) atoms. The number of carbonyl (C=O) groups is 2. The summed E-state index contributed by atoms with van der Waals surface area (Å²) in [5.74, 6) is 1.41. The first-order valence-corrected chi connectivity index (χ1v) is 10.7. The molecule has 5 heteroatoms. The summed E-state index contributed by atoms with van der Waals surface area (Å²) in [7, 11) is 0. The van der Waals surface area contributed by atoms with E-state index in [2.05, 4.69) is 24.1 Å². The van der Waals surface area contributed by atoms with E-state index in [9.17, 15) is 9.59 Å². The molecule has 1 aliphatic heterocycles. The third-order valence-corrected chi connectivity index (χ3v) is 5.68. The van der Waals surface area contributed by atoms with Crippen LogP contribution in [-0.2, 0) is 11.3 Å². The second kappa shape index (κ2) is 9.88. The first-order valence-electron chi connectivity index (χ1n) is 10.7. The summed E-state index contributed by atoms with van der Waals surface area (Å²) in [6.45, 7) is 10.7. The van der Waals surface area contributed by atoms with Crippen LogP contribution in [0.4, 0.5) is 0 Å².